The summed E-state index contributed by atoms with van der Waals surface area (Å²) in [5.74, 6) is 0.186. The SMILES string of the molecule is C=C1C=CC(c2ccc(C(C)(C)C)c(F)c2)=CN1.C=C1C=CC(c2ccc(C(C)(C)C)cc2)=CN1.C=C1C=CC(c2ccc(C(C)(C)C)s2)=CN1.CC(C)(C)c1ccc(-c2ccccc2)cc1.CC1=CCC(c2ccc(C(C)(C)C)cn2)C=N1. The average molecular weight is 1140 g/mol. The molecule has 0 bridgehead atoms. The monoisotopic (exact) mass is 1140 g/mol. The van der Waals surface area contributed by atoms with Gasteiger partial charge in [0.2, 0.25) is 0 Å². The highest BCUT2D eigenvalue weighted by Gasteiger charge is 2.21. The molecule has 4 aliphatic heterocycles. The largest absolute Gasteiger partial charge is 0.362 e. The summed E-state index contributed by atoms with van der Waals surface area (Å²) in [7, 11) is 0. The molecular formula is C77H92FN5S. The Morgan fingerprint density at radius 2 is 0.940 bits per heavy atom. The van der Waals surface area contributed by atoms with E-state index in [0.717, 1.165) is 51.6 Å². The predicted molar refractivity (Wildman–Crippen MR) is 365 cm³/mol. The van der Waals surface area contributed by atoms with Crippen LogP contribution in [0.3, 0.4) is 0 Å². The van der Waals surface area contributed by atoms with E-state index < -0.39 is 0 Å². The number of aromatic nitrogens is 1. The number of nitrogens with one attached hydrogen (secondary N) is 3. The molecule has 0 saturated carbocycles. The molecule has 0 radical (unpaired) electrons. The summed E-state index contributed by atoms with van der Waals surface area (Å²) in [5.41, 5.74) is 18.4. The van der Waals surface area contributed by atoms with E-state index in [1.807, 2.05) is 113 Å². The second-order valence-corrected chi connectivity index (χ2v) is 28.0. The van der Waals surface area contributed by atoms with E-state index in [1.165, 1.54) is 54.3 Å². The van der Waals surface area contributed by atoms with E-state index >= 15 is 0 Å². The van der Waals surface area contributed by atoms with Gasteiger partial charge in [0.15, 0.2) is 0 Å². The number of halogens is 1. The number of rotatable bonds is 5. The average Bonchev–Trinajstić information content (AvgIpc) is 4.11. The van der Waals surface area contributed by atoms with E-state index in [9.17, 15) is 4.39 Å². The van der Waals surface area contributed by atoms with Crippen LogP contribution in [0.4, 0.5) is 4.39 Å². The Morgan fingerprint density at radius 3 is 1.35 bits per heavy atom. The van der Waals surface area contributed by atoms with Gasteiger partial charge in [0.1, 0.15) is 5.82 Å². The molecule has 7 heteroatoms. The van der Waals surface area contributed by atoms with Crippen LogP contribution in [0.15, 0.2) is 236 Å². The Labute approximate surface area is 508 Å². The number of benzene rings is 4. The van der Waals surface area contributed by atoms with Crippen LogP contribution in [0.5, 0.6) is 0 Å². The molecule has 4 aliphatic rings. The van der Waals surface area contributed by atoms with Crippen LogP contribution >= 0.6 is 11.3 Å². The van der Waals surface area contributed by atoms with Crippen LogP contribution in [0.2, 0.25) is 0 Å². The van der Waals surface area contributed by atoms with Gasteiger partial charge in [0.25, 0.3) is 0 Å². The van der Waals surface area contributed by atoms with Gasteiger partial charge >= 0.3 is 0 Å². The Bertz CT molecular complexity index is 3480. The van der Waals surface area contributed by atoms with Gasteiger partial charge < -0.3 is 16.0 Å². The quantitative estimate of drug-likeness (QED) is 0.161. The maximum atomic E-state index is 14.1. The number of aliphatic imine (C=N–C) groups is 1. The molecular weight excluding hydrogens is 1050 g/mol. The number of thiophene rings is 1. The molecule has 5 nitrogen and oxygen atoms in total. The third kappa shape index (κ3) is 19.6. The van der Waals surface area contributed by atoms with Gasteiger partial charge in [-0.05, 0) is 139 Å². The van der Waals surface area contributed by atoms with Crippen LogP contribution in [0.1, 0.15) is 172 Å². The van der Waals surface area contributed by atoms with Crippen molar-refractivity contribution in [3.8, 4) is 11.1 Å². The first-order chi connectivity index (χ1) is 39.3. The lowest BCUT2D eigenvalue weighted by Gasteiger charge is -2.20. The molecule has 0 amide bonds. The van der Waals surface area contributed by atoms with Crippen LogP contribution < -0.4 is 16.0 Å². The molecule has 0 aliphatic carbocycles. The highest BCUT2D eigenvalue weighted by atomic mass is 32.1. The van der Waals surface area contributed by atoms with Gasteiger partial charge in [0, 0.05) is 80.7 Å². The summed E-state index contributed by atoms with van der Waals surface area (Å²) in [6.07, 6.45) is 25.0. The number of hydrogen-bond acceptors (Lipinski definition) is 6. The second kappa shape index (κ2) is 28.1. The van der Waals surface area contributed by atoms with E-state index in [0.29, 0.717) is 5.92 Å². The summed E-state index contributed by atoms with van der Waals surface area (Å²) in [6.45, 7) is 46.3. The predicted octanol–water partition coefficient (Wildman–Crippen LogP) is 20.7. The first kappa shape index (κ1) is 65.3. The topological polar surface area (TPSA) is 61.3 Å². The van der Waals surface area contributed by atoms with Crippen molar-refractivity contribution >= 4 is 34.3 Å². The van der Waals surface area contributed by atoms with Crippen molar-refractivity contribution < 1.29 is 4.39 Å². The van der Waals surface area contributed by atoms with Crippen LogP contribution in [-0.4, -0.2) is 11.2 Å². The molecule has 84 heavy (non-hydrogen) atoms. The first-order valence-electron chi connectivity index (χ1n) is 29.2. The summed E-state index contributed by atoms with van der Waals surface area (Å²) in [5, 5.41) is 9.30. The summed E-state index contributed by atoms with van der Waals surface area (Å²) >= 11 is 1.86. The molecule has 6 heterocycles. The summed E-state index contributed by atoms with van der Waals surface area (Å²) in [6, 6.07) is 42.2. The van der Waals surface area contributed by atoms with Crippen LogP contribution in [-0.2, 0) is 27.1 Å². The molecule has 10 rings (SSSR count). The lowest BCUT2D eigenvalue weighted by atomic mass is 9.85. The van der Waals surface area contributed by atoms with Gasteiger partial charge in [-0.2, -0.15) is 0 Å². The van der Waals surface area contributed by atoms with E-state index in [-0.39, 0.29) is 32.9 Å². The zero-order valence-electron chi connectivity index (χ0n) is 53.1. The molecule has 0 saturated heterocycles. The Hall–Kier alpha value is -7.87. The van der Waals surface area contributed by atoms with Crippen molar-refractivity contribution in [3.63, 3.8) is 0 Å². The van der Waals surface area contributed by atoms with Crippen molar-refractivity contribution in [2.45, 2.75) is 150 Å². The van der Waals surface area contributed by atoms with Crippen molar-refractivity contribution in [1.29, 1.82) is 0 Å². The van der Waals surface area contributed by atoms with Crippen LogP contribution in [0.25, 0.3) is 27.8 Å². The minimum absolute atomic E-state index is 0.154. The smallest absolute Gasteiger partial charge is 0.127 e. The number of allylic oxidation sites excluding steroid dienone is 11. The van der Waals surface area contributed by atoms with Crippen molar-refractivity contribution in [3.05, 3.63) is 286 Å². The zero-order chi connectivity index (χ0) is 61.6. The number of hydrogen-bond donors (Lipinski definition) is 3. The van der Waals surface area contributed by atoms with Crippen LogP contribution in [0, 0.1) is 5.82 Å². The number of nitrogens with zero attached hydrogens (tertiary/aromatic N) is 2. The number of pyridine rings is 1. The van der Waals surface area contributed by atoms with Gasteiger partial charge in [-0.15, -0.1) is 11.3 Å². The minimum atomic E-state index is -0.175. The normalized spacial score (nSPS) is 15.7. The van der Waals surface area contributed by atoms with Gasteiger partial charge in [-0.1, -0.05) is 245 Å². The lowest BCUT2D eigenvalue weighted by Crippen LogP contribution is -2.13. The van der Waals surface area contributed by atoms with Gasteiger partial charge in [-0.25, -0.2) is 4.39 Å². The highest BCUT2D eigenvalue weighted by molar-refractivity contribution is 7.13. The molecule has 1 unspecified atom stereocenters. The third-order valence-electron chi connectivity index (χ3n) is 14.5. The molecule has 4 aromatic carbocycles. The Kier molecular flexibility index (Phi) is 21.9. The minimum Gasteiger partial charge on any atom is -0.362 e. The molecule has 6 aromatic rings. The highest BCUT2D eigenvalue weighted by Crippen LogP contribution is 2.35. The van der Waals surface area contributed by atoms with Gasteiger partial charge in [0.05, 0.1) is 0 Å². The molecule has 1 atom stereocenters. The lowest BCUT2D eigenvalue weighted by molar-refractivity contribution is 0.522. The molecule has 0 spiro atoms. The fourth-order valence-corrected chi connectivity index (χ4v) is 9.98. The van der Waals surface area contributed by atoms with E-state index in [4.69, 9.17) is 0 Å². The van der Waals surface area contributed by atoms with E-state index in [1.54, 1.807) is 6.07 Å². The molecule has 3 N–H and O–H groups in total. The summed E-state index contributed by atoms with van der Waals surface area (Å²) in [4.78, 5) is 11.7. The molecule has 0 fully saturated rings. The maximum absolute atomic E-state index is 14.1. The fourth-order valence-electron chi connectivity index (χ4n) is 8.92. The van der Waals surface area contributed by atoms with Crippen molar-refractivity contribution in [2.75, 3.05) is 0 Å². The van der Waals surface area contributed by atoms with Gasteiger partial charge in [-0.3, -0.25) is 9.98 Å². The maximum Gasteiger partial charge on any atom is 0.127 e. The molecule has 2 aromatic heterocycles. The number of dihydropyridines is 3. The summed E-state index contributed by atoms with van der Waals surface area (Å²) < 4.78 is 14.1. The third-order valence-corrected chi connectivity index (χ3v) is 16.0. The Balaban J connectivity index is 0.000000168. The fraction of sp³-hybridized carbons (Fsp3) is 0.299. The molecule has 438 valence electrons. The second-order valence-electron chi connectivity index (χ2n) is 26.9. The zero-order valence-corrected chi connectivity index (χ0v) is 53.9. The first-order valence-corrected chi connectivity index (χ1v) is 30.0. The van der Waals surface area contributed by atoms with E-state index in [2.05, 4.69) is 244 Å². The van der Waals surface area contributed by atoms with Crippen molar-refractivity contribution in [2.24, 2.45) is 4.99 Å². The van der Waals surface area contributed by atoms with Crippen molar-refractivity contribution in [1.82, 2.24) is 20.9 Å². The standard InChI is InChI=1S/C16H18FN.C16H19N.C16H18.C15H20N2.C14H17NS/c1-11-5-6-13(10-18-11)12-7-8-14(15(17)9-12)16(2,3)4;1-12-5-6-14(11-17-12)13-7-9-15(10-8-13)16(2,3)4;1-16(2,3)15-11-9-14(10-12-15)13-7-5-4-6-8-13;1-11-5-6-12(9-16-11)14-8-7-13(10-17-14)15(2,3)4;1-10-5-6-11(9-15-10)12-7-8-13(16-12)14(2,3)4/h5-10,18H,1H2,2-4H3;5-11,17H,1H2,2-4H3;4-12H,1-3H3;5,7-10,12H,6H2,1-4H3;5-9,15H,1H2,2-4H3. The Morgan fingerprint density at radius 1 is 0.476 bits per heavy atom.